The van der Waals surface area contributed by atoms with E-state index in [2.05, 4.69) is 0 Å². The van der Waals surface area contributed by atoms with E-state index in [4.69, 9.17) is 21.1 Å². The predicted molar refractivity (Wildman–Crippen MR) is 130 cm³/mol. The van der Waals surface area contributed by atoms with Gasteiger partial charge >= 0.3 is 0 Å². The second-order valence-corrected chi connectivity index (χ2v) is 9.62. The number of amides is 1. The molecule has 1 fully saturated rings. The fourth-order valence-electron chi connectivity index (χ4n) is 4.13. The van der Waals surface area contributed by atoms with Crippen LogP contribution < -0.4 is 4.74 Å². The van der Waals surface area contributed by atoms with E-state index in [0.717, 1.165) is 5.56 Å². The van der Waals surface area contributed by atoms with Crippen LogP contribution in [0.5, 0.6) is 11.5 Å². The van der Waals surface area contributed by atoms with Crippen LogP contribution in [0.2, 0.25) is 5.02 Å². The molecule has 1 aliphatic rings. The predicted octanol–water partition coefficient (Wildman–Crippen LogP) is 4.81. The Morgan fingerprint density at radius 2 is 1.82 bits per heavy atom. The molecule has 0 aliphatic carbocycles. The number of hydrogen-bond donors (Lipinski definition) is 2. The van der Waals surface area contributed by atoms with Crippen molar-refractivity contribution in [2.75, 3.05) is 27.4 Å². The number of ether oxygens (including phenoxy) is 2. The standard InChI is InChI=1S/C26H30ClNO6/c1-26(2,3)17-13-16(8-10-20(17)34-5)23(30)21-22(15-7-9-19(29)18(27)14-15)28(11-6-12-33-4)25(32)24(21)31/h7-10,13-14,22,29-30H,6,11-12H2,1-5H3/b23-21-. The molecule has 2 N–H and O–H groups in total. The lowest BCUT2D eigenvalue weighted by Crippen LogP contribution is -2.31. The molecule has 0 saturated carbocycles. The van der Waals surface area contributed by atoms with E-state index >= 15 is 0 Å². The lowest BCUT2D eigenvalue weighted by molar-refractivity contribution is -0.140. The number of carbonyl (C=O) groups is 2. The van der Waals surface area contributed by atoms with Gasteiger partial charge in [-0.2, -0.15) is 0 Å². The summed E-state index contributed by atoms with van der Waals surface area (Å²) in [5.41, 5.74) is 1.42. The van der Waals surface area contributed by atoms with Gasteiger partial charge in [0.1, 0.15) is 17.3 Å². The maximum absolute atomic E-state index is 13.2. The fraction of sp³-hybridized carbons (Fsp3) is 0.385. The van der Waals surface area contributed by atoms with Crippen LogP contribution in [0.15, 0.2) is 42.0 Å². The molecule has 0 bridgehead atoms. The van der Waals surface area contributed by atoms with Gasteiger partial charge in [-0.3, -0.25) is 9.59 Å². The minimum Gasteiger partial charge on any atom is -0.507 e. The average Bonchev–Trinajstić information content (AvgIpc) is 3.04. The highest BCUT2D eigenvalue weighted by molar-refractivity contribution is 6.46. The number of nitrogens with zero attached hydrogens (tertiary/aromatic N) is 1. The number of aliphatic hydroxyl groups excluding tert-OH is 1. The smallest absolute Gasteiger partial charge is 0.295 e. The Kier molecular flexibility index (Phi) is 7.58. The third kappa shape index (κ3) is 4.91. The monoisotopic (exact) mass is 487 g/mol. The Bertz CT molecular complexity index is 1130. The number of aromatic hydroxyl groups is 1. The molecule has 1 heterocycles. The summed E-state index contributed by atoms with van der Waals surface area (Å²) in [7, 11) is 3.13. The Morgan fingerprint density at radius 3 is 2.41 bits per heavy atom. The van der Waals surface area contributed by atoms with Crippen molar-refractivity contribution >= 4 is 29.1 Å². The van der Waals surface area contributed by atoms with Crippen molar-refractivity contribution in [3.63, 3.8) is 0 Å². The minimum absolute atomic E-state index is 0.0331. The summed E-state index contributed by atoms with van der Waals surface area (Å²) in [6.07, 6.45) is 0.503. The number of aliphatic hydroxyl groups is 1. The topological polar surface area (TPSA) is 96.3 Å². The van der Waals surface area contributed by atoms with Crippen LogP contribution >= 0.6 is 11.6 Å². The molecular weight excluding hydrogens is 458 g/mol. The Hall–Kier alpha value is -3.03. The first-order chi connectivity index (χ1) is 16.0. The molecule has 182 valence electrons. The molecule has 34 heavy (non-hydrogen) atoms. The van der Waals surface area contributed by atoms with Crippen molar-refractivity contribution in [3.8, 4) is 11.5 Å². The summed E-state index contributed by atoms with van der Waals surface area (Å²) in [5.74, 6) is -1.23. The highest BCUT2D eigenvalue weighted by Crippen LogP contribution is 2.42. The molecule has 7 nitrogen and oxygen atoms in total. The molecule has 8 heteroatoms. The number of Topliss-reactive ketones (excluding diaryl/α,β-unsaturated/α-hetero) is 1. The van der Waals surface area contributed by atoms with Gasteiger partial charge in [0.15, 0.2) is 0 Å². The maximum atomic E-state index is 13.2. The van der Waals surface area contributed by atoms with Crippen LogP contribution in [0.25, 0.3) is 5.76 Å². The second-order valence-electron chi connectivity index (χ2n) is 9.21. The molecule has 1 unspecified atom stereocenters. The number of phenols is 1. The van der Waals surface area contributed by atoms with Gasteiger partial charge in [0.05, 0.1) is 23.7 Å². The first-order valence-electron chi connectivity index (χ1n) is 11.0. The van der Waals surface area contributed by atoms with Crippen LogP contribution in [0.1, 0.15) is 49.9 Å². The van der Waals surface area contributed by atoms with Crippen molar-refractivity contribution in [3.05, 3.63) is 63.7 Å². The molecule has 1 amide bonds. The fourth-order valence-corrected chi connectivity index (χ4v) is 4.32. The summed E-state index contributed by atoms with van der Waals surface area (Å²) in [6.45, 7) is 6.69. The number of phenolic OH excluding ortho intramolecular Hbond substituents is 1. The van der Waals surface area contributed by atoms with Gasteiger partial charge < -0.3 is 24.6 Å². The third-order valence-corrected chi connectivity index (χ3v) is 6.16. The summed E-state index contributed by atoms with van der Waals surface area (Å²) in [5, 5.41) is 21.3. The summed E-state index contributed by atoms with van der Waals surface area (Å²) >= 11 is 6.14. The Morgan fingerprint density at radius 1 is 1.12 bits per heavy atom. The normalized spacial score (nSPS) is 17.9. The lowest BCUT2D eigenvalue weighted by Gasteiger charge is -2.26. The van der Waals surface area contributed by atoms with Gasteiger partial charge in [-0.05, 0) is 47.7 Å². The van der Waals surface area contributed by atoms with Gasteiger partial charge in [-0.25, -0.2) is 0 Å². The van der Waals surface area contributed by atoms with E-state index in [9.17, 15) is 19.8 Å². The number of halogens is 1. The van der Waals surface area contributed by atoms with Crippen molar-refractivity contribution in [2.45, 2.75) is 38.6 Å². The van der Waals surface area contributed by atoms with Crippen LogP contribution in [-0.4, -0.2) is 54.2 Å². The van der Waals surface area contributed by atoms with Crippen LogP contribution in [-0.2, 0) is 19.7 Å². The summed E-state index contributed by atoms with van der Waals surface area (Å²) < 4.78 is 10.6. The van der Waals surface area contributed by atoms with Gasteiger partial charge in [-0.15, -0.1) is 0 Å². The summed E-state index contributed by atoms with van der Waals surface area (Å²) in [6, 6.07) is 8.78. The van der Waals surface area contributed by atoms with Gasteiger partial charge in [0, 0.05) is 31.4 Å². The number of methoxy groups -OCH3 is 2. The van der Waals surface area contributed by atoms with Gasteiger partial charge in [0.2, 0.25) is 0 Å². The van der Waals surface area contributed by atoms with Crippen LogP contribution in [0.4, 0.5) is 0 Å². The number of likely N-dealkylation sites (tertiary alicyclic amines) is 1. The Labute approximate surface area is 204 Å². The zero-order chi connectivity index (χ0) is 25.2. The zero-order valence-electron chi connectivity index (χ0n) is 20.0. The highest BCUT2D eigenvalue weighted by Gasteiger charge is 2.46. The van der Waals surface area contributed by atoms with E-state index in [0.29, 0.717) is 29.9 Å². The molecule has 2 aromatic carbocycles. The highest BCUT2D eigenvalue weighted by atomic mass is 35.5. The number of hydrogen-bond acceptors (Lipinski definition) is 6. The van der Waals surface area contributed by atoms with E-state index < -0.39 is 17.7 Å². The molecule has 2 aromatic rings. The van der Waals surface area contributed by atoms with E-state index in [1.165, 1.54) is 17.0 Å². The number of ketones is 1. The first-order valence-corrected chi connectivity index (χ1v) is 11.3. The van der Waals surface area contributed by atoms with Crippen LogP contribution in [0, 0.1) is 0 Å². The molecule has 1 saturated heterocycles. The summed E-state index contributed by atoms with van der Waals surface area (Å²) in [4.78, 5) is 27.6. The average molecular weight is 488 g/mol. The zero-order valence-corrected chi connectivity index (χ0v) is 20.8. The van der Waals surface area contributed by atoms with Crippen molar-refractivity contribution in [1.82, 2.24) is 4.90 Å². The second kappa shape index (κ2) is 10.1. The lowest BCUT2D eigenvalue weighted by atomic mass is 9.84. The van der Waals surface area contributed by atoms with E-state index in [1.54, 1.807) is 38.5 Å². The number of carbonyl (C=O) groups excluding carboxylic acids is 2. The SMILES string of the molecule is COCCCN1C(=O)C(=O)/C(=C(\O)c2ccc(OC)c(C(C)(C)C)c2)C1c1ccc(O)c(Cl)c1. The molecule has 1 atom stereocenters. The molecule has 0 aromatic heterocycles. The number of rotatable bonds is 7. The molecule has 0 radical (unpaired) electrons. The van der Waals surface area contributed by atoms with Crippen molar-refractivity contribution in [1.29, 1.82) is 0 Å². The Balaban J connectivity index is 2.20. The van der Waals surface area contributed by atoms with E-state index in [-0.39, 0.29) is 34.1 Å². The molecule has 3 rings (SSSR count). The molecular formula is C26H30ClNO6. The van der Waals surface area contributed by atoms with Crippen molar-refractivity contribution in [2.24, 2.45) is 0 Å². The maximum Gasteiger partial charge on any atom is 0.295 e. The molecule has 1 aliphatic heterocycles. The van der Waals surface area contributed by atoms with Gasteiger partial charge in [-0.1, -0.05) is 38.4 Å². The van der Waals surface area contributed by atoms with Crippen LogP contribution in [0.3, 0.4) is 0 Å². The third-order valence-electron chi connectivity index (χ3n) is 5.86. The largest absolute Gasteiger partial charge is 0.507 e. The van der Waals surface area contributed by atoms with E-state index in [1.807, 2.05) is 20.8 Å². The minimum atomic E-state index is -0.866. The van der Waals surface area contributed by atoms with Gasteiger partial charge in [0.25, 0.3) is 11.7 Å². The van der Waals surface area contributed by atoms with Crippen molar-refractivity contribution < 1.29 is 29.3 Å². The number of benzene rings is 2. The first kappa shape index (κ1) is 25.6. The molecule has 0 spiro atoms. The quantitative estimate of drug-likeness (QED) is 0.252.